The Balaban J connectivity index is 1.75. The number of hydrogen-bond donors (Lipinski definition) is 1. The van der Waals surface area contributed by atoms with E-state index in [0.717, 1.165) is 24.8 Å². The van der Waals surface area contributed by atoms with E-state index in [1.165, 1.54) is 0 Å². The molecule has 4 atom stereocenters. The van der Waals surface area contributed by atoms with Gasteiger partial charge in [-0.15, -0.1) is 0 Å². The first-order chi connectivity index (χ1) is 10.7. The molecule has 1 saturated carbocycles. The molecule has 2 N–H and O–H groups in total. The van der Waals surface area contributed by atoms with Gasteiger partial charge in [0.05, 0.1) is 24.9 Å². The molecule has 0 radical (unpaired) electrons. The second-order valence-electron chi connectivity index (χ2n) is 6.07. The maximum atomic E-state index is 12.9. The zero-order valence-electron chi connectivity index (χ0n) is 13.0. The van der Waals surface area contributed by atoms with E-state index in [-0.39, 0.29) is 24.2 Å². The summed E-state index contributed by atoms with van der Waals surface area (Å²) in [7, 11) is 1.73. The van der Waals surface area contributed by atoms with Gasteiger partial charge >= 0.3 is 0 Å². The van der Waals surface area contributed by atoms with Crippen LogP contribution < -0.4 is 5.73 Å². The third-order valence-electron chi connectivity index (χ3n) is 4.81. The van der Waals surface area contributed by atoms with Crippen molar-refractivity contribution in [3.63, 3.8) is 0 Å². The van der Waals surface area contributed by atoms with Gasteiger partial charge in [-0.05, 0) is 24.8 Å². The molecule has 5 heteroatoms. The van der Waals surface area contributed by atoms with E-state index in [4.69, 9.17) is 15.2 Å². The van der Waals surface area contributed by atoms with Gasteiger partial charge in [0.15, 0.2) is 0 Å². The molecule has 2 aliphatic rings. The minimum atomic E-state index is -0.608. The minimum absolute atomic E-state index is 0.0127. The number of nitrogens with two attached hydrogens (primary N) is 1. The van der Waals surface area contributed by atoms with Gasteiger partial charge < -0.3 is 20.1 Å². The van der Waals surface area contributed by atoms with Gasteiger partial charge in [-0.25, -0.2) is 0 Å². The van der Waals surface area contributed by atoms with Crippen molar-refractivity contribution in [3.05, 3.63) is 35.9 Å². The number of methoxy groups -OCH3 is 1. The highest BCUT2D eigenvalue weighted by Gasteiger charge is 2.41. The summed E-state index contributed by atoms with van der Waals surface area (Å²) in [5.41, 5.74) is 7.05. The number of morpholine rings is 1. The Morgan fingerprint density at radius 1 is 1.36 bits per heavy atom. The molecule has 1 amide bonds. The lowest BCUT2D eigenvalue weighted by Crippen LogP contribution is -2.58. The Kier molecular flexibility index (Phi) is 4.76. The smallest absolute Gasteiger partial charge is 0.244 e. The molecule has 22 heavy (non-hydrogen) atoms. The molecule has 0 spiro atoms. The number of hydrogen-bond acceptors (Lipinski definition) is 4. The number of nitrogens with zero attached hydrogens (tertiary/aromatic N) is 1. The fourth-order valence-electron chi connectivity index (χ4n) is 3.54. The van der Waals surface area contributed by atoms with Gasteiger partial charge in [-0.2, -0.15) is 0 Å². The lowest BCUT2D eigenvalue weighted by atomic mass is 9.87. The summed E-state index contributed by atoms with van der Waals surface area (Å²) >= 11 is 0. The number of amides is 1. The van der Waals surface area contributed by atoms with Crippen LogP contribution in [0.4, 0.5) is 0 Å². The quantitative estimate of drug-likeness (QED) is 0.918. The van der Waals surface area contributed by atoms with E-state index < -0.39 is 6.04 Å². The summed E-state index contributed by atoms with van der Waals surface area (Å²) < 4.78 is 11.3. The van der Waals surface area contributed by atoms with Gasteiger partial charge in [0.25, 0.3) is 0 Å². The van der Waals surface area contributed by atoms with E-state index >= 15 is 0 Å². The maximum Gasteiger partial charge on any atom is 0.244 e. The van der Waals surface area contributed by atoms with Gasteiger partial charge in [0.2, 0.25) is 5.91 Å². The highest BCUT2D eigenvalue weighted by molar-refractivity contribution is 5.83. The highest BCUT2D eigenvalue weighted by atomic mass is 16.5. The van der Waals surface area contributed by atoms with Crippen molar-refractivity contribution in [1.82, 2.24) is 4.90 Å². The molecule has 1 aliphatic heterocycles. The molecule has 0 aromatic heterocycles. The van der Waals surface area contributed by atoms with Gasteiger partial charge in [0, 0.05) is 13.7 Å². The monoisotopic (exact) mass is 304 g/mol. The Morgan fingerprint density at radius 3 is 2.86 bits per heavy atom. The minimum Gasteiger partial charge on any atom is -0.381 e. The summed E-state index contributed by atoms with van der Waals surface area (Å²) in [6.45, 7) is 1.20. The van der Waals surface area contributed by atoms with Gasteiger partial charge in [-0.1, -0.05) is 30.3 Å². The Labute approximate surface area is 131 Å². The first-order valence-corrected chi connectivity index (χ1v) is 7.96. The van der Waals surface area contributed by atoms with Crippen LogP contribution in [0, 0.1) is 0 Å². The van der Waals surface area contributed by atoms with E-state index in [1.54, 1.807) is 7.11 Å². The Bertz CT molecular complexity index is 508. The van der Waals surface area contributed by atoms with Crippen LogP contribution in [0.2, 0.25) is 0 Å². The molecule has 0 unspecified atom stereocenters. The van der Waals surface area contributed by atoms with Crippen LogP contribution in [0.3, 0.4) is 0 Å². The summed E-state index contributed by atoms with van der Waals surface area (Å²) in [6.07, 6.45) is 3.07. The summed E-state index contributed by atoms with van der Waals surface area (Å²) in [4.78, 5) is 14.8. The molecule has 1 heterocycles. The molecule has 5 nitrogen and oxygen atoms in total. The van der Waals surface area contributed by atoms with Crippen LogP contribution in [0.5, 0.6) is 0 Å². The molecular formula is C17H24N2O3. The number of ether oxygens (including phenoxy) is 2. The second kappa shape index (κ2) is 6.77. The van der Waals surface area contributed by atoms with Crippen molar-refractivity contribution in [2.75, 3.05) is 20.3 Å². The Hall–Kier alpha value is -1.43. The molecule has 2 fully saturated rings. The third-order valence-corrected chi connectivity index (χ3v) is 4.81. The van der Waals surface area contributed by atoms with Crippen LogP contribution in [0.25, 0.3) is 0 Å². The number of rotatable bonds is 3. The lowest BCUT2D eigenvalue weighted by molar-refractivity contribution is -0.156. The zero-order chi connectivity index (χ0) is 15.5. The van der Waals surface area contributed by atoms with Crippen LogP contribution >= 0.6 is 0 Å². The molecule has 1 aromatic rings. The summed E-state index contributed by atoms with van der Waals surface area (Å²) in [6, 6.07) is 9.02. The summed E-state index contributed by atoms with van der Waals surface area (Å²) in [5, 5.41) is 0. The lowest BCUT2D eigenvalue weighted by Gasteiger charge is -2.46. The first kappa shape index (κ1) is 15.5. The Morgan fingerprint density at radius 2 is 2.14 bits per heavy atom. The van der Waals surface area contributed by atoms with Crippen LogP contribution in [-0.4, -0.2) is 49.3 Å². The van der Waals surface area contributed by atoms with E-state index in [1.807, 2.05) is 35.2 Å². The SMILES string of the molecule is CO[C@@H]1CC[C@@H]2OCCN(C(=O)[C@H](N)c3ccccc3)[C@H]2C1. The van der Waals surface area contributed by atoms with Crippen LogP contribution in [0.15, 0.2) is 30.3 Å². The fourth-order valence-corrected chi connectivity index (χ4v) is 3.54. The molecule has 1 aromatic carbocycles. The van der Waals surface area contributed by atoms with Gasteiger partial charge in [0.1, 0.15) is 6.04 Å². The van der Waals surface area contributed by atoms with E-state index in [9.17, 15) is 4.79 Å². The average molecular weight is 304 g/mol. The van der Waals surface area contributed by atoms with Crippen molar-refractivity contribution >= 4 is 5.91 Å². The fraction of sp³-hybridized carbons (Fsp3) is 0.588. The number of fused-ring (bicyclic) bond motifs is 1. The number of benzene rings is 1. The van der Waals surface area contributed by atoms with Crippen molar-refractivity contribution < 1.29 is 14.3 Å². The second-order valence-corrected chi connectivity index (χ2v) is 6.07. The molecule has 0 bridgehead atoms. The highest BCUT2D eigenvalue weighted by Crippen LogP contribution is 2.31. The van der Waals surface area contributed by atoms with Crippen LogP contribution in [-0.2, 0) is 14.3 Å². The van der Waals surface area contributed by atoms with Crippen LogP contribution in [0.1, 0.15) is 30.9 Å². The topological polar surface area (TPSA) is 64.8 Å². The van der Waals surface area contributed by atoms with Gasteiger partial charge in [-0.3, -0.25) is 4.79 Å². The van der Waals surface area contributed by atoms with Crippen molar-refractivity contribution in [2.45, 2.75) is 43.6 Å². The molecule has 1 aliphatic carbocycles. The number of carbonyl (C=O) groups is 1. The molecule has 1 saturated heterocycles. The predicted molar refractivity (Wildman–Crippen MR) is 83.3 cm³/mol. The molecular weight excluding hydrogens is 280 g/mol. The normalized spacial score (nSPS) is 29.7. The van der Waals surface area contributed by atoms with Crippen molar-refractivity contribution in [2.24, 2.45) is 5.73 Å². The van der Waals surface area contributed by atoms with Crippen molar-refractivity contribution in [3.8, 4) is 0 Å². The summed E-state index contributed by atoms with van der Waals surface area (Å²) in [5.74, 6) is -0.0127. The standard InChI is InChI=1S/C17H24N2O3/c1-21-13-7-8-15-14(11-13)19(9-10-22-15)17(20)16(18)12-5-3-2-4-6-12/h2-6,13-16H,7-11,18H2,1H3/t13-,14+,15+,16-/m1/s1. The largest absolute Gasteiger partial charge is 0.381 e. The molecule has 120 valence electrons. The van der Waals surface area contributed by atoms with Crippen molar-refractivity contribution in [1.29, 1.82) is 0 Å². The zero-order valence-corrected chi connectivity index (χ0v) is 13.0. The number of carbonyl (C=O) groups excluding carboxylic acids is 1. The molecule has 3 rings (SSSR count). The van der Waals surface area contributed by atoms with E-state index in [0.29, 0.717) is 13.2 Å². The predicted octanol–water partition coefficient (Wildman–Crippen LogP) is 1.48. The average Bonchev–Trinajstić information content (AvgIpc) is 2.60. The maximum absolute atomic E-state index is 12.9. The third kappa shape index (κ3) is 3.02. The first-order valence-electron chi connectivity index (χ1n) is 7.96. The van der Waals surface area contributed by atoms with E-state index in [2.05, 4.69) is 0 Å².